The predicted molar refractivity (Wildman–Crippen MR) is 83.9 cm³/mol. The molecule has 1 amide bonds. The molecule has 1 aromatic heterocycles. The zero-order valence-corrected chi connectivity index (χ0v) is 13.1. The highest BCUT2D eigenvalue weighted by Gasteiger charge is 2.28. The number of methoxy groups -OCH3 is 1. The normalized spacial score (nSPS) is 13.8. The summed E-state index contributed by atoms with van der Waals surface area (Å²) < 4.78 is 4.77. The van der Waals surface area contributed by atoms with Crippen LogP contribution >= 0.6 is 11.3 Å². The van der Waals surface area contributed by atoms with Crippen molar-refractivity contribution in [3.8, 4) is 0 Å². The quantitative estimate of drug-likeness (QED) is 0.670. The molecule has 0 radical (unpaired) electrons. The fraction of sp³-hybridized carbons (Fsp3) is 0.571. The van der Waals surface area contributed by atoms with Crippen molar-refractivity contribution in [2.75, 3.05) is 31.2 Å². The molecule has 1 fully saturated rings. The molecule has 21 heavy (non-hydrogen) atoms. The van der Waals surface area contributed by atoms with Gasteiger partial charge in [-0.25, -0.2) is 4.79 Å². The molecule has 0 saturated heterocycles. The molecule has 0 unspecified atom stereocenters. The first-order valence-electron chi connectivity index (χ1n) is 7.11. The van der Waals surface area contributed by atoms with Gasteiger partial charge in [0.2, 0.25) is 0 Å². The summed E-state index contributed by atoms with van der Waals surface area (Å²) in [5, 5.41) is 6.61. The van der Waals surface area contributed by atoms with E-state index in [1.807, 2.05) is 6.92 Å². The Hall–Kier alpha value is -1.76. The van der Waals surface area contributed by atoms with E-state index in [0.717, 1.165) is 13.0 Å². The Morgan fingerprint density at radius 1 is 1.43 bits per heavy atom. The highest BCUT2D eigenvalue weighted by molar-refractivity contribution is 7.19. The van der Waals surface area contributed by atoms with Gasteiger partial charge < -0.3 is 21.1 Å². The van der Waals surface area contributed by atoms with Crippen LogP contribution in [0.2, 0.25) is 0 Å². The molecule has 4 N–H and O–H groups in total. The van der Waals surface area contributed by atoms with E-state index in [0.29, 0.717) is 22.3 Å². The lowest BCUT2D eigenvalue weighted by molar-refractivity contribution is 0.0603. The summed E-state index contributed by atoms with van der Waals surface area (Å²) in [5.41, 5.74) is 6.45. The van der Waals surface area contributed by atoms with Crippen molar-refractivity contribution in [1.29, 1.82) is 0 Å². The third-order valence-electron chi connectivity index (χ3n) is 3.32. The largest absolute Gasteiger partial charge is 0.465 e. The van der Waals surface area contributed by atoms with E-state index in [1.165, 1.54) is 31.3 Å². The van der Waals surface area contributed by atoms with Crippen LogP contribution in [0, 0.1) is 5.92 Å². The molecule has 0 spiro atoms. The number of carbonyl (C=O) groups excluding carboxylic acids is 2. The molecule has 1 heterocycles. The van der Waals surface area contributed by atoms with Gasteiger partial charge in [0.15, 0.2) is 0 Å². The summed E-state index contributed by atoms with van der Waals surface area (Å²) in [7, 11) is 1.31. The van der Waals surface area contributed by atoms with Crippen molar-refractivity contribution in [3.05, 3.63) is 10.4 Å². The lowest BCUT2D eigenvalue weighted by Crippen LogP contribution is -2.24. The van der Waals surface area contributed by atoms with E-state index >= 15 is 0 Å². The third kappa shape index (κ3) is 3.66. The second-order valence-electron chi connectivity index (χ2n) is 5.12. The zero-order chi connectivity index (χ0) is 15.4. The molecule has 116 valence electrons. The lowest BCUT2D eigenvalue weighted by atomic mass is 10.2. The summed E-state index contributed by atoms with van der Waals surface area (Å²) in [4.78, 5) is 24.4. The van der Waals surface area contributed by atoms with Crippen molar-refractivity contribution in [2.45, 2.75) is 26.2 Å². The summed E-state index contributed by atoms with van der Waals surface area (Å²) in [5.74, 6) is -0.114. The van der Waals surface area contributed by atoms with Crippen LogP contribution in [0.5, 0.6) is 0 Å². The molecule has 1 aromatic rings. The highest BCUT2D eigenvalue weighted by atomic mass is 32.1. The Balaban J connectivity index is 2.23. The number of ether oxygens (including phenoxy) is 1. The predicted octanol–water partition coefficient (Wildman–Crippen LogP) is 2.08. The smallest absolute Gasteiger partial charge is 0.343 e. The summed E-state index contributed by atoms with van der Waals surface area (Å²) in [6.45, 7) is 3.34. The molecule has 0 atom stereocenters. The number of amides is 1. The average molecular weight is 311 g/mol. The topological polar surface area (TPSA) is 93.5 Å². The Morgan fingerprint density at radius 2 is 2.14 bits per heavy atom. The van der Waals surface area contributed by atoms with Gasteiger partial charge in [-0.1, -0.05) is 6.92 Å². The van der Waals surface area contributed by atoms with Gasteiger partial charge in [-0.15, -0.1) is 11.3 Å². The number of esters is 1. The Kier molecular flexibility index (Phi) is 5.06. The van der Waals surface area contributed by atoms with E-state index in [2.05, 4.69) is 10.6 Å². The number of hydrogen-bond acceptors (Lipinski definition) is 6. The van der Waals surface area contributed by atoms with E-state index in [1.54, 1.807) is 0 Å². The first-order valence-corrected chi connectivity index (χ1v) is 7.92. The van der Waals surface area contributed by atoms with Crippen LogP contribution in [0.1, 0.15) is 46.2 Å². The number of thiophene rings is 1. The van der Waals surface area contributed by atoms with Gasteiger partial charge >= 0.3 is 5.97 Å². The van der Waals surface area contributed by atoms with E-state index in [4.69, 9.17) is 10.5 Å². The van der Waals surface area contributed by atoms with Crippen LogP contribution in [0.25, 0.3) is 0 Å². The molecule has 6 nitrogen and oxygen atoms in total. The number of hydrogen-bond donors (Lipinski definition) is 3. The van der Waals surface area contributed by atoms with Gasteiger partial charge in [-0.2, -0.15) is 0 Å². The van der Waals surface area contributed by atoms with Gasteiger partial charge in [0.1, 0.15) is 15.4 Å². The number of anilines is 2. The number of carbonyl (C=O) groups is 2. The minimum Gasteiger partial charge on any atom is -0.465 e. The van der Waals surface area contributed by atoms with Crippen molar-refractivity contribution >= 4 is 33.9 Å². The Morgan fingerprint density at radius 3 is 2.71 bits per heavy atom. The second kappa shape index (κ2) is 6.80. The monoisotopic (exact) mass is 311 g/mol. The van der Waals surface area contributed by atoms with Gasteiger partial charge in [-0.05, 0) is 25.2 Å². The number of nitrogens with two attached hydrogens (primary N) is 1. The summed E-state index contributed by atoms with van der Waals surface area (Å²) in [6.07, 6.45) is 3.24. The van der Waals surface area contributed by atoms with Crippen LogP contribution in [-0.2, 0) is 4.74 Å². The van der Waals surface area contributed by atoms with Gasteiger partial charge in [0.05, 0.1) is 12.8 Å². The molecule has 2 rings (SSSR count). The van der Waals surface area contributed by atoms with Crippen LogP contribution < -0.4 is 16.4 Å². The van der Waals surface area contributed by atoms with Crippen LogP contribution in [0.3, 0.4) is 0 Å². The van der Waals surface area contributed by atoms with E-state index in [-0.39, 0.29) is 17.2 Å². The molecule has 0 aromatic carbocycles. The molecular formula is C14H21N3O3S. The molecule has 1 saturated carbocycles. The summed E-state index contributed by atoms with van der Waals surface area (Å²) in [6, 6.07) is 0. The van der Waals surface area contributed by atoms with Crippen LogP contribution in [0.15, 0.2) is 0 Å². The molecule has 0 bridgehead atoms. The van der Waals surface area contributed by atoms with E-state index in [9.17, 15) is 9.59 Å². The standard InChI is InChI=1S/C14H21N3O3S/c1-3-6-16-12(18)11-10(15)9(14(19)20-2)13(21-11)17-7-8-4-5-8/h8,17H,3-7,15H2,1-2H3,(H,16,18). The molecule has 0 aliphatic heterocycles. The van der Waals surface area contributed by atoms with E-state index < -0.39 is 5.97 Å². The lowest BCUT2D eigenvalue weighted by Gasteiger charge is -2.05. The molecule has 1 aliphatic rings. The maximum Gasteiger partial charge on any atom is 0.343 e. The van der Waals surface area contributed by atoms with Crippen molar-refractivity contribution in [2.24, 2.45) is 5.92 Å². The highest BCUT2D eigenvalue weighted by Crippen LogP contribution is 2.37. The Labute approximate surface area is 128 Å². The van der Waals surface area contributed by atoms with Gasteiger partial charge in [0.25, 0.3) is 5.91 Å². The number of nitrogens with one attached hydrogen (secondary N) is 2. The van der Waals surface area contributed by atoms with Gasteiger partial charge in [-0.3, -0.25) is 4.79 Å². The molecule has 7 heteroatoms. The fourth-order valence-electron chi connectivity index (χ4n) is 1.92. The third-order valence-corrected chi connectivity index (χ3v) is 4.49. The number of rotatable bonds is 7. The first kappa shape index (κ1) is 15.6. The second-order valence-corrected chi connectivity index (χ2v) is 6.14. The van der Waals surface area contributed by atoms with Crippen LogP contribution in [-0.4, -0.2) is 32.1 Å². The summed E-state index contributed by atoms with van der Waals surface area (Å²) >= 11 is 1.21. The maximum atomic E-state index is 12.1. The Bertz CT molecular complexity index is 538. The zero-order valence-electron chi connectivity index (χ0n) is 12.3. The minimum absolute atomic E-state index is 0.193. The maximum absolute atomic E-state index is 12.1. The number of nitrogen functional groups attached to an aromatic ring is 1. The SMILES string of the molecule is CCCNC(=O)c1sc(NCC2CC2)c(C(=O)OC)c1N. The van der Waals surface area contributed by atoms with Gasteiger partial charge in [0, 0.05) is 13.1 Å². The molecule has 1 aliphatic carbocycles. The minimum atomic E-state index is -0.517. The van der Waals surface area contributed by atoms with Crippen molar-refractivity contribution in [3.63, 3.8) is 0 Å². The van der Waals surface area contributed by atoms with Crippen molar-refractivity contribution < 1.29 is 14.3 Å². The van der Waals surface area contributed by atoms with Crippen molar-refractivity contribution in [1.82, 2.24) is 5.32 Å². The fourth-order valence-corrected chi connectivity index (χ4v) is 2.95. The average Bonchev–Trinajstić information content (AvgIpc) is 3.25. The first-order chi connectivity index (χ1) is 10.1. The molecular weight excluding hydrogens is 290 g/mol. The van der Waals surface area contributed by atoms with Crippen LogP contribution in [0.4, 0.5) is 10.7 Å².